The molecule has 0 rings (SSSR count). The van der Waals surface area contributed by atoms with Crippen LogP contribution in [0.1, 0.15) is 444 Å². The zero-order valence-corrected chi connectivity index (χ0v) is 57.9. The number of aliphatic hydroxyl groups excluding tert-OH is 2. The zero-order chi connectivity index (χ0) is 61.3. The standard InChI is InChI=1S/C79H153NO5/c1-3-5-7-9-11-13-15-17-19-21-22-23-30-33-36-40-43-47-51-55-59-63-67-71-77(82)76(75-81)80-78(83)72-68-64-60-56-52-48-44-41-37-34-31-28-26-24-25-27-29-32-35-38-42-46-50-54-58-62-66-70-74-85-79(84)73-69-65-61-57-53-49-45-39-20-18-16-14-12-10-8-6-4-2/h18,20,67,71,76-77,81-82H,3-17,19,21-66,68-70,72-75H2,1-2H3,(H,80,83)/b20-18-,71-67+. The number of rotatable bonds is 74. The first-order valence-electron chi connectivity index (χ1n) is 39.1. The van der Waals surface area contributed by atoms with Crippen LogP contribution in [-0.4, -0.2) is 47.4 Å². The highest BCUT2D eigenvalue weighted by Gasteiger charge is 2.18. The van der Waals surface area contributed by atoms with Gasteiger partial charge in [-0.1, -0.05) is 398 Å². The fourth-order valence-electron chi connectivity index (χ4n) is 12.5. The number of ether oxygens (including phenoxy) is 1. The number of nitrogens with one attached hydrogen (secondary N) is 1. The third kappa shape index (κ3) is 71.3. The predicted molar refractivity (Wildman–Crippen MR) is 375 cm³/mol. The molecule has 85 heavy (non-hydrogen) atoms. The largest absolute Gasteiger partial charge is 0.466 e. The highest BCUT2D eigenvalue weighted by atomic mass is 16.5. The Hall–Kier alpha value is -1.66. The average Bonchev–Trinajstić information content (AvgIpc) is 3.51. The summed E-state index contributed by atoms with van der Waals surface area (Å²) in [4.78, 5) is 24.7. The smallest absolute Gasteiger partial charge is 0.305 e. The van der Waals surface area contributed by atoms with Crippen LogP contribution in [-0.2, 0) is 14.3 Å². The van der Waals surface area contributed by atoms with Crippen molar-refractivity contribution in [2.24, 2.45) is 0 Å². The second kappa shape index (κ2) is 74.8. The summed E-state index contributed by atoms with van der Waals surface area (Å²) in [5, 5.41) is 23.3. The molecule has 0 aromatic heterocycles. The maximum Gasteiger partial charge on any atom is 0.305 e. The molecule has 3 N–H and O–H groups in total. The van der Waals surface area contributed by atoms with Gasteiger partial charge in [0.1, 0.15) is 0 Å². The van der Waals surface area contributed by atoms with E-state index in [1.165, 1.54) is 372 Å². The van der Waals surface area contributed by atoms with Crippen LogP contribution in [0.4, 0.5) is 0 Å². The van der Waals surface area contributed by atoms with Crippen molar-refractivity contribution < 1.29 is 24.5 Å². The van der Waals surface area contributed by atoms with Gasteiger partial charge in [0.05, 0.1) is 25.4 Å². The van der Waals surface area contributed by atoms with Crippen molar-refractivity contribution in [1.29, 1.82) is 0 Å². The number of carbonyl (C=O) groups is 2. The molecule has 2 unspecified atom stereocenters. The maximum atomic E-state index is 12.5. The molecule has 2 atom stereocenters. The highest BCUT2D eigenvalue weighted by Crippen LogP contribution is 2.20. The third-order valence-corrected chi connectivity index (χ3v) is 18.5. The molecule has 504 valence electrons. The summed E-state index contributed by atoms with van der Waals surface area (Å²) in [6, 6.07) is -0.627. The Kier molecular flexibility index (Phi) is 73.3. The number of unbranched alkanes of at least 4 members (excludes halogenated alkanes) is 61. The van der Waals surface area contributed by atoms with Gasteiger partial charge in [0.25, 0.3) is 0 Å². The van der Waals surface area contributed by atoms with E-state index in [1.807, 2.05) is 6.08 Å². The lowest BCUT2D eigenvalue weighted by Gasteiger charge is -2.20. The van der Waals surface area contributed by atoms with Gasteiger partial charge in [-0.25, -0.2) is 0 Å². The van der Waals surface area contributed by atoms with Gasteiger partial charge < -0.3 is 20.3 Å². The molecule has 0 saturated carbocycles. The van der Waals surface area contributed by atoms with E-state index in [0.29, 0.717) is 19.4 Å². The molecule has 6 nitrogen and oxygen atoms in total. The molecule has 0 aromatic rings. The zero-order valence-electron chi connectivity index (χ0n) is 57.9. The number of hydrogen-bond donors (Lipinski definition) is 3. The van der Waals surface area contributed by atoms with E-state index in [4.69, 9.17) is 4.74 Å². The van der Waals surface area contributed by atoms with Crippen molar-refractivity contribution in [3.05, 3.63) is 24.3 Å². The van der Waals surface area contributed by atoms with Crippen molar-refractivity contribution in [1.82, 2.24) is 5.32 Å². The number of amides is 1. The van der Waals surface area contributed by atoms with Crippen LogP contribution in [0, 0.1) is 0 Å². The predicted octanol–water partition coefficient (Wildman–Crippen LogP) is 25.7. The summed E-state index contributed by atoms with van der Waals surface area (Å²) < 4.78 is 5.51. The van der Waals surface area contributed by atoms with E-state index in [-0.39, 0.29) is 18.5 Å². The molecule has 0 heterocycles. The highest BCUT2D eigenvalue weighted by molar-refractivity contribution is 5.76. The van der Waals surface area contributed by atoms with E-state index in [0.717, 1.165) is 44.9 Å². The fraction of sp³-hybridized carbons (Fsp3) is 0.924. The van der Waals surface area contributed by atoms with Crippen LogP contribution in [0.5, 0.6) is 0 Å². The summed E-state index contributed by atoms with van der Waals surface area (Å²) in [5.41, 5.74) is 0. The Labute approximate surface area is 532 Å². The molecule has 0 fully saturated rings. The topological polar surface area (TPSA) is 95.9 Å². The van der Waals surface area contributed by atoms with Crippen LogP contribution in [0.25, 0.3) is 0 Å². The molecule has 0 radical (unpaired) electrons. The van der Waals surface area contributed by atoms with Crippen LogP contribution in [0.15, 0.2) is 24.3 Å². The van der Waals surface area contributed by atoms with Gasteiger partial charge in [-0.05, 0) is 57.8 Å². The fourth-order valence-corrected chi connectivity index (χ4v) is 12.5. The normalized spacial score (nSPS) is 12.6. The lowest BCUT2D eigenvalue weighted by Crippen LogP contribution is -2.45. The molecule has 6 heteroatoms. The number of hydrogen-bond acceptors (Lipinski definition) is 5. The van der Waals surface area contributed by atoms with Crippen LogP contribution in [0.2, 0.25) is 0 Å². The van der Waals surface area contributed by atoms with Crippen molar-refractivity contribution in [3.63, 3.8) is 0 Å². The molecule has 0 aliphatic carbocycles. The van der Waals surface area contributed by atoms with E-state index in [2.05, 4.69) is 31.3 Å². The second-order valence-corrected chi connectivity index (χ2v) is 27.0. The van der Waals surface area contributed by atoms with Crippen LogP contribution >= 0.6 is 0 Å². The number of allylic oxidation sites excluding steroid dienone is 3. The lowest BCUT2D eigenvalue weighted by molar-refractivity contribution is -0.143. The number of carbonyl (C=O) groups excluding carboxylic acids is 2. The Morgan fingerprint density at radius 1 is 0.318 bits per heavy atom. The third-order valence-electron chi connectivity index (χ3n) is 18.5. The van der Waals surface area contributed by atoms with E-state index >= 15 is 0 Å². The summed E-state index contributed by atoms with van der Waals surface area (Å²) >= 11 is 0. The van der Waals surface area contributed by atoms with E-state index in [1.54, 1.807) is 6.08 Å². The van der Waals surface area contributed by atoms with Gasteiger partial charge in [0.15, 0.2) is 0 Å². The Morgan fingerprint density at radius 2 is 0.553 bits per heavy atom. The summed E-state index contributed by atoms with van der Waals surface area (Å²) in [6.45, 7) is 4.95. The van der Waals surface area contributed by atoms with Crippen molar-refractivity contribution in [2.45, 2.75) is 456 Å². The summed E-state index contributed by atoms with van der Waals surface area (Å²) in [7, 11) is 0. The van der Waals surface area contributed by atoms with Crippen molar-refractivity contribution in [2.75, 3.05) is 13.2 Å². The first-order valence-corrected chi connectivity index (χ1v) is 39.1. The van der Waals surface area contributed by atoms with E-state index < -0.39 is 12.1 Å². The molecule has 0 bridgehead atoms. The average molecular weight is 1200 g/mol. The van der Waals surface area contributed by atoms with Gasteiger partial charge >= 0.3 is 5.97 Å². The molecule has 1 amide bonds. The minimum absolute atomic E-state index is 0.0162. The quantitative estimate of drug-likeness (QED) is 0.0320. The van der Waals surface area contributed by atoms with Crippen LogP contribution in [0.3, 0.4) is 0 Å². The molecule has 0 spiro atoms. The van der Waals surface area contributed by atoms with Crippen LogP contribution < -0.4 is 5.32 Å². The van der Waals surface area contributed by atoms with Crippen molar-refractivity contribution in [3.8, 4) is 0 Å². The molecular weight excluding hydrogens is 1040 g/mol. The summed E-state index contributed by atoms with van der Waals surface area (Å²) in [6.07, 6.45) is 95.8. The van der Waals surface area contributed by atoms with Gasteiger partial charge in [0, 0.05) is 12.8 Å². The Bertz CT molecular complexity index is 1330. The minimum atomic E-state index is -0.844. The molecule has 0 aromatic carbocycles. The second-order valence-electron chi connectivity index (χ2n) is 27.0. The first-order chi connectivity index (χ1) is 42.0. The molecule has 0 aliphatic rings. The summed E-state index contributed by atoms with van der Waals surface area (Å²) in [5.74, 6) is -0.0435. The lowest BCUT2D eigenvalue weighted by atomic mass is 10.0. The number of esters is 1. The van der Waals surface area contributed by atoms with Gasteiger partial charge in [0.2, 0.25) is 5.91 Å². The van der Waals surface area contributed by atoms with Gasteiger partial charge in [-0.2, -0.15) is 0 Å². The monoisotopic (exact) mass is 1200 g/mol. The minimum Gasteiger partial charge on any atom is -0.466 e. The Balaban J connectivity index is 3.36. The maximum absolute atomic E-state index is 12.5. The van der Waals surface area contributed by atoms with Gasteiger partial charge in [-0.15, -0.1) is 0 Å². The van der Waals surface area contributed by atoms with E-state index in [9.17, 15) is 19.8 Å². The molecule has 0 aliphatic heterocycles. The number of aliphatic hydroxyl groups is 2. The van der Waals surface area contributed by atoms with Gasteiger partial charge in [-0.3, -0.25) is 9.59 Å². The molecule has 0 saturated heterocycles. The van der Waals surface area contributed by atoms with Crippen molar-refractivity contribution >= 4 is 11.9 Å². The molecular formula is C79H153NO5. The Morgan fingerprint density at radius 3 is 0.835 bits per heavy atom. The SMILES string of the molecule is CCCCCCCC/C=C\CCCCCCCCCC(=O)OCCCCCCCCCCCCCCCCCCCCCCCCCCCCCCC(=O)NC(CO)C(O)/C=C/CCCCCCCCCCCCCCCCCCCCCCC. The first kappa shape index (κ1) is 83.3.